The molecule has 0 radical (unpaired) electrons. The molecule has 5 heteroatoms. The molecule has 0 heterocycles. The number of benzene rings is 1. The molecule has 0 amide bonds. The maximum Gasteiger partial charge on any atom is 0.167 e. The lowest BCUT2D eigenvalue weighted by atomic mass is 9.85. The normalized spacial score (nSPS) is 26.8. The Labute approximate surface area is 105 Å². The number of ether oxygens (including phenoxy) is 2. The van der Waals surface area contributed by atoms with Crippen molar-refractivity contribution in [2.45, 2.75) is 31.6 Å². The number of halogens is 2. The molecule has 0 spiro atoms. The molecule has 3 nitrogen and oxygen atoms in total. The summed E-state index contributed by atoms with van der Waals surface area (Å²) in [5.41, 5.74) is 0. The first-order chi connectivity index (χ1) is 8.65. The number of methoxy groups -OCH3 is 1. The first-order valence-electron chi connectivity index (χ1n) is 6.03. The van der Waals surface area contributed by atoms with Crippen LogP contribution in [0, 0.1) is 11.6 Å². The molecule has 1 saturated carbocycles. The minimum atomic E-state index is -0.684. The van der Waals surface area contributed by atoms with Crippen molar-refractivity contribution in [2.75, 3.05) is 13.7 Å². The maximum absolute atomic E-state index is 13.4. The first-order valence-corrected chi connectivity index (χ1v) is 6.03. The van der Waals surface area contributed by atoms with Gasteiger partial charge in [-0.05, 0) is 18.7 Å². The minimum Gasteiger partial charge on any atom is -0.485 e. The average Bonchev–Trinajstić information content (AvgIpc) is 2.31. The summed E-state index contributed by atoms with van der Waals surface area (Å²) in [7, 11) is 1.60. The van der Waals surface area contributed by atoms with Gasteiger partial charge in [-0.2, -0.15) is 0 Å². The molecule has 2 rings (SSSR count). The van der Waals surface area contributed by atoms with Gasteiger partial charge in [-0.25, -0.2) is 8.78 Å². The molecule has 3 atom stereocenters. The van der Waals surface area contributed by atoms with Crippen LogP contribution in [0.3, 0.4) is 0 Å². The van der Waals surface area contributed by atoms with Gasteiger partial charge >= 0.3 is 0 Å². The fourth-order valence-corrected chi connectivity index (χ4v) is 2.21. The van der Waals surface area contributed by atoms with E-state index in [9.17, 15) is 8.78 Å². The van der Waals surface area contributed by atoms with Crippen LogP contribution >= 0.6 is 0 Å². The van der Waals surface area contributed by atoms with Crippen molar-refractivity contribution in [1.82, 2.24) is 5.32 Å². The molecule has 1 aromatic rings. The monoisotopic (exact) mass is 257 g/mol. The highest BCUT2D eigenvalue weighted by Crippen LogP contribution is 2.30. The molecule has 1 N–H and O–H groups in total. The summed E-state index contributed by atoms with van der Waals surface area (Å²) in [4.78, 5) is 0. The lowest BCUT2D eigenvalue weighted by Gasteiger charge is -2.43. The Bertz CT molecular complexity index is 414. The number of hydrogen-bond acceptors (Lipinski definition) is 3. The summed E-state index contributed by atoms with van der Waals surface area (Å²) < 4.78 is 37.0. The summed E-state index contributed by atoms with van der Waals surface area (Å²) in [6, 6.07) is 3.53. The molecule has 1 fully saturated rings. The van der Waals surface area contributed by atoms with Crippen LogP contribution in [-0.4, -0.2) is 31.9 Å². The topological polar surface area (TPSA) is 30.5 Å². The van der Waals surface area contributed by atoms with Crippen LogP contribution in [0.25, 0.3) is 0 Å². The molecule has 0 bridgehead atoms. The molecular formula is C13H17F2NO2. The fraction of sp³-hybridized carbons (Fsp3) is 0.538. The van der Waals surface area contributed by atoms with Gasteiger partial charge in [0.25, 0.3) is 0 Å². The Balaban J connectivity index is 1.98. The van der Waals surface area contributed by atoms with Crippen LogP contribution in [0.1, 0.15) is 13.3 Å². The largest absolute Gasteiger partial charge is 0.485 e. The highest BCUT2D eigenvalue weighted by Gasteiger charge is 2.43. The molecule has 1 aromatic carbocycles. The molecule has 0 aromatic heterocycles. The third kappa shape index (κ3) is 2.62. The lowest BCUT2D eigenvalue weighted by Crippen LogP contribution is -2.60. The molecular weight excluding hydrogens is 240 g/mol. The van der Waals surface area contributed by atoms with Crippen molar-refractivity contribution < 1.29 is 18.3 Å². The number of likely N-dealkylation sites (N-methyl/N-ethyl adjacent to an activating group) is 1. The molecule has 100 valence electrons. The second-order valence-corrected chi connectivity index (χ2v) is 4.33. The van der Waals surface area contributed by atoms with Gasteiger partial charge in [0, 0.05) is 25.6 Å². The molecule has 3 unspecified atom stereocenters. The molecule has 1 aliphatic carbocycles. The Kier molecular flexibility index (Phi) is 4.14. The zero-order valence-electron chi connectivity index (χ0n) is 10.5. The minimum absolute atomic E-state index is 0.0680. The summed E-state index contributed by atoms with van der Waals surface area (Å²) in [5, 5.41) is 3.26. The van der Waals surface area contributed by atoms with Crippen molar-refractivity contribution in [3.63, 3.8) is 0 Å². The van der Waals surface area contributed by atoms with E-state index in [1.165, 1.54) is 12.1 Å². The molecule has 18 heavy (non-hydrogen) atoms. The number of nitrogens with one attached hydrogen (secondary N) is 1. The molecule has 0 saturated heterocycles. The van der Waals surface area contributed by atoms with Gasteiger partial charge in [-0.15, -0.1) is 0 Å². The van der Waals surface area contributed by atoms with E-state index in [2.05, 4.69) is 5.32 Å². The Morgan fingerprint density at radius 1 is 1.39 bits per heavy atom. The van der Waals surface area contributed by atoms with Crippen LogP contribution in [0.5, 0.6) is 5.75 Å². The highest BCUT2D eigenvalue weighted by atomic mass is 19.1. The van der Waals surface area contributed by atoms with E-state index in [1.54, 1.807) is 7.11 Å². The van der Waals surface area contributed by atoms with E-state index in [-0.39, 0.29) is 24.0 Å². The van der Waals surface area contributed by atoms with Gasteiger partial charge in [0.1, 0.15) is 18.0 Å². The number of rotatable bonds is 5. The van der Waals surface area contributed by atoms with Gasteiger partial charge in [0.2, 0.25) is 0 Å². The van der Waals surface area contributed by atoms with Crippen LogP contribution in [0.4, 0.5) is 8.78 Å². The van der Waals surface area contributed by atoms with Crippen molar-refractivity contribution in [2.24, 2.45) is 0 Å². The van der Waals surface area contributed by atoms with Gasteiger partial charge < -0.3 is 14.8 Å². The zero-order valence-corrected chi connectivity index (χ0v) is 10.5. The Hall–Kier alpha value is -1.20. The van der Waals surface area contributed by atoms with Crippen LogP contribution in [0.15, 0.2) is 18.2 Å². The van der Waals surface area contributed by atoms with Crippen molar-refractivity contribution >= 4 is 0 Å². The SMILES string of the molecule is CCNC1CC(Oc2ccc(F)cc2F)C1OC. The van der Waals surface area contributed by atoms with Crippen molar-refractivity contribution in [3.8, 4) is 5.75 Å². The van der Waals surface area contributed by atoms with Gasteiger partial charge in [0.15, 0.2) is 11.6 Å². The predicted molar refractivity (Wildman–Crippen MR) is 63.7 cm³/mol. The summed E-state index contributed by atoms with van der Waals surface area (Å²) in [6.07, 6.45) is 0.455. The van der Waals surface area contributed by atoms with E-state index >= 15 is 0 Å². The van der Waals surface area contributed by atoms with Crippen molar-refractivity contribution in [1.29, 1.82) is 0 Å². The van der Waals surface area contributed by atoms with Gasteiger partial charge in [-0.3, -0.25) is 0 Å². The smallest absolute Gasteiger partial charge is 0.167 e. The zero-order chi connectivity index (χ0) is 13.1. The Morgan fingerprint density at radius 3 is 2.78 bits per heavy atom. The Morgan fingerprint density at radius 2 is 2.17 bits per heavy atom. The van der Waals surface area contributed by atoms with E-state index in [0.717, 1.165) is 19.0 Å². The van der Waals surface area contributed by atoms with Gasteiger partial charge in [0.05, 0.1) is 0 Å². The fourth-order valence-electron chi connectivity index (χ4n) is 2.21. The summed E-state index contributed by atoms with van der Waals surface area (Å²) in [5.74, 6) is -1.22. The second-order valence-electron chi connectivity index (χ2n) is 4.33. The van der Waals surface area contributed by atoms with E-state index in [0.29, 0.717) is 0 Å². The first kappa shape index (κ1) is 13.2. The predicted octanol–water partition coefficient (Wildman–Crippen LogP) is 2.11. The number of hydrogen-bond donors (Lipinski definition) is 1. The van der Waals surface area contributed by atoms with E-state index in [4.69, 9.17) is 9.47 Å². The lowest BCUT2D eigenvalue weighted by molar-refractivity contribution is -0.0894. The quantitative estimate of drug-likeness (QED) is 0.876. The van der Waals surface area contributed by atoms with E-state index in [1.807, 2.05) is 6.92 Å². The third-order valence-corrected chi connectivity index (χ3v) is 3.16. The standard InChI is InChI=1S/C13H17F2NO2/c1-3-16-10-7-12(13(10)17-2)18-11-5-4-8(14)6-9(11)15/h4-6,10,12-13,16H,3,7H2,1-2H3. The third-order valence-electron chi connectivity index (χ3n) is 3.16. The summed E-state index contributed by atoms with van der Waals surface area (Å²) in [6.45, 7) is 2.86. The summed E-state index contributed by atoms with van der Waals surface area (Å²) >= 11 is 0. The average molecular weight is 257 g/mol. The maximum atomic E-state index is 13.4. The second kappa shape index (κ2) is 5.63. The molecule has 1 aliphatic rings. The van der Waals surface area contributed by atoms with Crippen LogP contribution < -0.4 is 10.1 Å². The molecule has 0 aliphatic heterocycles. The highest BCUT2D eigenvalue weighted by molar-refractivity contribution is 5.25. The van der Waals surface area contributed by atoms with Crippen molar-refractivity contribution in [3.05, 3.63) is 29.8 Å². The van der Waals surface area contributed by atoms with Crippen LogP contribution in [0.2, 0.25) is 0 Å². The van der Waals surface area contributed by atoms with Gasteiger partial charge in [-0.1, -0.05) is 6.92 Å². The van der Waals surface area contributed by atoms with E-state index < -0.39 is 11.6 Å². The van der Waals surface area contributed by atoms with Crippen LogP contribution in [-0.2, 0) is 4.74 Å².